The van der Waals surface area contributed by atoms with E-state index in [4.69, 9.17) is 21.5 Å². The molecule has 0 radical (unpaired) electrons. The topological polar surface area (TPSA) is 100 Å². The van der Waals surface area contributed by atoms with Gasteiger partial charge in [0.05, 0.1) is 63.3 Å². The first-order chi connectivity index (χ1) is 39.8. The van der Waals surface area contributed by atoms with Gasteiger partial charge in [0.1, 0.15) is 0 Å². The third-order valence-electron chi connectivity index (χ3n) is 15.8. The highest BCUT2D eigenvalue weighted by molar-refractivity contribution is 6.11. The Morgan fingerprint density at radius 1 is 0.378 bits per heavy atom. The molecular weight excluding hydrogens is 1000 g/mol. The van der Waals surface area contributed by atoms with Crippen molar-refractivity contribution in [1.29, 1.82) is 10.5 Å². The van der Waals surface area contributed by atoms with Gasteiger partial charge in [-0.1, -0.05) is 181 Å². The molecule has 0 aliphatic carbocycles. The van der Waals surface area contributed by atoms with Crippen molar-refractivity contribution in [2.24, 2.45) is 0 Å². The molecule has 10 aromatic carbocycles. The van der Waals surface area contributed by atoms with Crippen molar-refractivity contribution >= 4 is 49.3 Å². The molecule has 0 aliphatic heterocycles. The molecule has 0 unspecified atom stereocenters. The van der Waals surface area contributed by atoms with Gasteiger partial charge in [0.25, 0.3) is 0 Å². The molecule has 3 aromatic heterocycles. The number of aromatic nitrogens is 5. The fourth-order valence-electron chi connectivity index (χ4n) is 11.5. The molecule has 13 rings (SSSR count). The van der Waals surface area contributed by atoms with Crippen molar-refractivity contribution in [3.63, 3.8) is 0 Å². The summed E-state index contributed by atoms with van der Waals surface area (Å²) < 4.78 is 4.64. The number of fused-ring (bicyclic) bond motifs is 6. The van der Waals surface area contributed by atoms with Crippen molar-refractivity contribution < 1.29 is 0 Å². The summed E-state index contributed by atoms with van der Waals surface area (Å²) in [5.74, 6) is 1.36. The van der Waals surface area contributed by atoms with Gasteiger partial charge in [-0.2, -0.15) is 10.5 Å². The Labute approximate surface area is 477 Å². The summed E-state index contributed by atoms with van der Waals surface area (Å²) in [4.78, 5) is 20.6. The Bertz CT molecular complexity index is 4610. The van der Waals surface area contributed by atoms with Crippen LogP contribution in [-0.2, 0) is 10.8 Å². The molecule has 13 aromatic rings. The van der Waals surface area contributed by atoms with Gasteiger partial charge in [-0.15, -0.1) is 0 Å². The first-order valence-electron chi connectivity index (χ1n) is 27.5. The number of hydrogen-bond acceptors (Lipinski definition) is 5. The van der Waals surface area contributed by atoms with E-state index in [-0.39, 0.29) is 10.8 Å². The molecule has 0 bridgehead atoms. The molecule has 0 spiro atoms. The van der Waals surface area contributed by atoms with Crippen molar-refractivity contribution in [3.8, 4) is 91.1 Å². The number of benzene rings is 10. The van der Waals surface area contributed by atoms with Crippen LogP contribution >= 0.6 is 0 Å². The summed E-state index contributed by atoms with van der Waals surface area (Å²) in [6.07, 6.45) is 0. The van der Waals surface area contributed by atoms with Gasteiger partial charge in [0.15, 0.2) is 23.2 Å². The molecule has 3 heterocycles. The molecule has 8 nitrogen and oxygen atoms in total. The minimum atomic E-state index is -0.0912. The zero-order valence-corrected chi connectivity index (χ0v) is 46.4. The van der Waals surface area contributed by atoms with E-state index in [1.54, 1.807) is 0 Å². The first kappa shape index (κ1) is 50.8. The number of nitrogens with zero attached hydrogens (tertiary/aromatic N) is 8. The SMILES string of the molecule is [C-]#[N+]c1ccccc1-c1ccc(-c2nc(-c3ccc(-c4cccc(C#N)c4)cc3)nc(-c3ccc(-c4ccccc4C#N)cc3-n3c4ccccc4c4cc(C(C)(C)C)ccc43)n2)c(-n2c3ccccc3c3cc(C(C)(C)C)ccc32)c1. The lowest BCUT2D eigenvalue weighted by molar-refractivity contribution is 0.591. The third kappa shape index (κ3) is 8.83. The predicted octanol–water partition coefficient (Wildman–Crippen LogP) is 19.0. The van der Waals surface area contributed by atoms with Crippen molar-refractivity contribution in [2.45, 2.75) is 52.4 Å². The monoisotopic (exact) mass is 1050 g/mol. The standard InChI is InChI=1S/C74H54N8/c1-73(2,3)53-33-37-66-61(42-53)57-22-11-14-25-64(57)81(66)68-40-50(55-20-9-8-18-52(55)45-76)31-35-59(68)71-78-70(48-29-27-47(28-30-48)49-19-16-17-46(39-49)44-75)79-72(80-71)60-36-32-51(56-21-10-13-24-63(56)77-7)41-69(60)82-65-26-15-12-23-58(65)62-43-54(74(4,5)6)34-38-67(62)82/h8-43H,1-6H3. The van der Waals surface area contributed by atoms with E-state index in [9.17, 15) is 10.5 Å². The molecule has 0 aliphatic rings. The van der Waals surface area contributed by atoms with Crippen LogP contribution in [0.1, 0.15) is 63.8 Å². The molecule has 0 N–H and O–H groups in total. The Balaban J connectivity index is 1.12. The quantitative estimate of drug-likeness (QED) is 0.141. The van der Waals surface area contributed by atoms with E-state index in [2.05, 4.69) is 189 Å². The summed E-state index contributed by atoms with van der Waals surface area (Å²) in [6.45, 7) is 21.7. The minimum absolute atomic E-state index is 0.0900. The molecule has 0 fully saturated rings. The zero-order chi connectivity index (χ0) is 56.4. The number of rotatable bonds is 8. The van der Waals surface area contributed by atoms with E-state index in [0.29, 0.717) is 34.3 Å². The van der Waals surface area contributed by atoms with Crippen molar-refractivity contribution in [3.05, 3.63) is 252 Å². The molecule has 82 heavy (non-hydrogen) atoms. The summed E-state index contributed by atoms with van der Waals surface area (Å²) in [6, 6.07) is 79.2. The van der Waals surface area contributed by atoms with E-state index in [0.717, 1.165) is 105 Å². The normalized spacial score (nSPS) is 11.7. The van der Waals surface area contributed by atoms with E-state index >= 15 is 0 Å². The lowest BCUT2D eigenvalue weighted by Gasteiger charge is -2.20. The number of para-hydroxylation sites is 3. The second kappa shape index (κ2) is 19.9. The Kier molecular flexibility index (Phi) is 12.3. The molecule has 0 amide bonds. The zero-order valence-electron chi connectivity index (χ0n) is 46.4. The van der Waals surface area contributed by atoms with E-state index < -0.39 is 0 Å². The van der Waals surface area contributed by atoms with E-state index in [1.807, 2.05) is 97.1 Å². The van der Waals surface area contributed by atoms with Gasteiger partial charge in [0, 0.05) is 38.2 Å². The van der Waals surface area contributed by atoms with Gasteiger partial charge in [-0.3, -0.25) is 0 Å². The van der Waals surface area contributed by atoms with Crippen LogP contribution in [0.5, 0.6) is 0 Å². The molecule has 390 valence electrons. The van der Waals surface area contributed by atoms with Crippen LogP contribution in [0, 0.1) is 29.2 Å². The maximum Gasteiger partial charge on any atom is 0.194 e. The third-order valence-corrected chi connectivity index (χ3v) is 15.8. The van der Waals surface area contributed by atoms with Crippen LogP contribution in [0.3, 0.4) is 0 Å². The molecule has 0 atom stereocenters. The van der Waals surface area contributed by atoms with E-state index in [1.165, 1.54) is 11.1 Å². The lowest BCUT2D eigenvalue weighted by atomic mass is 9.86. The highest BCUT2D eigenvalue weighted by Crippen LogP contribution is 2.44. The summed E-state index contributed by atoms with van der Waals surface area (Å²) in [5, 5.41) is 24.7. The Morgan fingerprint density at radius 2 is 0.854 bits per heavy atom. The minimum Gasteiger partial charge on any atom is -0.308 e. The maximum atomic E-state index is 10.5. The largest absolute Gasteiger partial charge is 0.308 e. The summed E-state index contributed by atoms with van der Waals surface area (Å²) in [5.41, 5.74) is 17.3. The highest BCUT2D eigenvalue weighted by Gasteiger charge is 2.26. The molecule has 0 saturated heterocycles. The first-order valence-corrected chi connectivity index (χ1v) is 27.5. The number of hydrogen-bond donors (Lipinski definition) is 0. The van der Waals surface area contributed by atoms with Gasteiger partial charge < -0.3 is 9.13 Å². The smallest absolute Gasteiger partial charge is 0.194 e. The average Bonchev–Trinajstić information content (AvgIpc) is 3.91. The van der Waals surface area contributed by atoms with Crippen LogP contribution in [0.2, 0.25) is 0 Å². The van der Waals surface area contributed by atoms with Gasteiger partial charge in [0.2, 0.25) is 0 Å². The van der Waals surface area contributed by atoms with Gasteiger partial charge >= 0.3 is 0 Å². The second-order valence-corrected chi connectivity index (χ2v) is 23.0. The Morgan fingerprint density at radius 3 is 1.40 bits per heavy atom. The predicted molar refractivity (Wildman–Crippen MR) is 334 cm³/mol. The van der Waals surface area contributed by atoms with Crippen LogP contribution in [0.15, 0.2) is 218 Å². The van der Waals surface area contributed by atoms with Crippen LogP contribution in [0.25, 0.3) is 127 Å². The average molecular weight is 1060 g/mol. The summed E-state index contributed by atoms with van der Waals surface area (Å²) >= 11 is 0. The highest BCUT2D eigenvalue weighted by atomic mass is 15.1. The van der Waals surface area contributed by atoms with Crippen LogP contribution < -0.4 is 0 Å². The van der Waals surface area contributed by atoms with Crippen LogP contribution in [-0.4, -0.2) is 24.1 Å². The second-order valence-electron chi connectivity index (χ2n) is 23.0. The van der Waals surface area contributed by atoms with Gasteiger partial charge in [-0.25, -0.2) is 19.8 Å². The van der Waals surface area contributed by atoms with Gasteiger partial charge in [-0.05, 0) is 134 Å². The van der Waals surface area contributed by atoms with Crippen molar-refractivity contribution in [2.75, 3.05) is 0 Å². The fraction of sp³-hybridized carbons (Fsp3) is 0.108. The molecular formula is C74H54N8. The molecule has 8 heteroatoms. The fourth-order valence-corrected chi connectivity index (χ4v) is 11.5. The maximum absolute atomic E-state index is 10.5. The number of nitriles is 2. The lowest BCUT2D eigenvalue weighted by Crippen LogP contribution is -2.10. The van der Waals surface area contributed by atoms with Crippen LogP contribution in [0.4, 0.5) is 5.69 Å². The molecule has 0 saturated carbocycles. The Hall–Kier alpha value is -10.7. The summed E-state index contributed by atoms with van der Waals surface area (Å²) in [7, 11) is 0. The van der Waals surface area contributed by atoms with Crippen molar-refractivity contribution in [1.82, 2.24) is 24.1 Å².